The molecule has 2 aliphatic rings. The molecule has 1 aliphatic heterocycles. The number of rotatable bonds is 3. The van der Waals surface area contributed by atoms with E-state index in [1.54, 1.807) is 0 Å². The first kappa shape index (κ1) is 16.3. The fourth-order valence-electron chi connectivity index (χ4n) is 4.06. The van der Waals surface area contributed by atoms with Crippen molar-refractivity contribution in [2.24, 2.45) is 11.8 Å². The van der Waals surface area contributed by atoms with Crippen molar-refractivity contribution in [2.75, 3.05) is 0 Å². The van der Waals surface area contributed by atoms with Gasteiger partial charge in [0.1, 0.15) is 11.6 Å². The Kier molecular flexibility index (Phi) is 4.64. The first-order valence-corrected chi connectivity index (χ1v) is 8.44. The quantitative estimate of drug-likeness (QED) is 0.870. The van der Waals surface area contributed by atoms with Crippen molar-refractivity contribution >= 4 is 11.8 Å². The average molecular weight is 294 g/mol. The molecule has 0 spiro atoms. The third kappa shape index (κ3) is 2.95. The third-order valence-corrected chi connectivity index (χ3v) is 5.23. The Bertz CT molecular complexity index is 417. The zero-order chi connectivity index (χ0) is 15.8. The van der Waals surface area contributed by atoms with Crippen LogP contribution in [0.5, 0.6) is 0 Å². The lowest BCUT2D eigenvalue weighted by atomic mass is 9.75. The number of hydrogen-bond acceptors (Lipinski definition) is 2. The summed E-state index contributed by atoms with van der Waals surface area (Å²) >= 11 is 0. The summed E-state index contributed by atoms with van der Waals surface area (Å²) in [4.78, 5) is 27.3. The van der Waals surface area contributed by atoms with Crippen molar-refractivity contribution < 1.29 is 9.59 Å². The smallest absolute Gasteiger partial charge is 0.248 e. The monoisotopic (exact) mass is 294 g/mol. The van der Waals surface area contributed by atoms with Gasteiger partial charge in [-0.25, -0.2) is 0 Å². The Hall–Kier alpha value is -1.06. The van der Waals surface area contributed by atoms with E-state index in [0.717, 1.165) is 12.8 Å². The van der Waals surface area contributed by atoms with E-state index in [2.05, 4.69) is 19.2 Å². The van der Waals surface area contributed by atoms with Crippen molar-refractivity contribution in [1.82, 2.24) is 10.2 Å². The van der Waals surface area contributed by atoms with E-state index in [1.807, 2.05) is 25.7 Å². The molecule has 2 amide bonds. The second-order valence-electron chi connectivity index (χ2n) is 7.51. The minimum Gasteiger partial charge on any atom is -0.340 e. The molecule has 0 aromatic heterocycles. The van der Waals surface area contributed by atoms with E-state index >= 15 is 0 Å². The van der Waals surface area contributed by atoms with Crippen LogP contribution in [0.3, 0.4) is 0 Å². The van der Waals surface area contributed by atoms with Crippen molar-refractivity contribution in [3.63, 3.8) is 0 Å². The first-order valence-electron chi connectivity index (χ1n) is 8.44. The highest BCUT2D eigenvalue weighted by Gasteiger charge is 2.49. The minimum absolute atomic E-state index is 0.00943. The van der Waals surface area contributed by atoms with E-state index in [0.29, 0.717) is 18.3 Å². The number of amides is 2. The molecular weight excluding hydrogens is 264 g/mol. The Morgan fingerprint density at radius 1 is 1.24 bits per heavy atom. The Balaban J connectivity index is 2.35. The predicted octanol–water partition coefficient (Wildman–Crippen LogP) is 2.72. The molecular formula is C17H30N2O2. The molecule has 3 atom stereocenters. The average Bonchev–Trinajstić information content (AvgIpc) is 2.42. The minimum atomic E-state index is -0.776. The Morgan fingerprint density at radius 3 is 2.43 bits per heavy atom. The van der Waals surface area contributed by atoms with Gasteiger partial charge in [-0.3, -0.25) is 9.59 Å². The topological polar surface area (TPSA) is 49.4 Å². The van der Waals surface area contributed by atoms with Crippen LogP contribution >= 0.6 is 0 Å². The highest BCUT2D eigenvalue weighted by atomic mass is 16.2. The normalized spacial score (nSPS) is 33.2. The predicted molar refractivity (Wildman–Crippen MR) is 83.7 cm³/mol. The van der Waals surface area contributed by atoms with Crippen LogP contribution in [0, 0.1) is 11.8 Å². The van der Waals surface area contributed by atoms with E-state index in [1.165, 1.54) is 12.8 Å². The van der Waals surface area contributed by atoms with Crippen LogP contribution < -0.4 is 5.32 Å². The Morgan fingerprint density at radius 2 is 1.86 bits per heavy atom. The molecule has 4 heteroatoms. The van der Waals surface area contributed by atoms with Gasteiger partial charge in [0, 0.05) is 6.04 Å². The number of carbonyl (C=O) groups excluding carboxylic acids is 2. The summed E-state index contributed by atoms with van der Waals surface area (Å²) in [5.74, 6) is 1.16. The second-order valence-corrected chi connectivity index (χ2v) is 7.51. The lowest BCUT2D eigenvalue weighted by Gasteiger charge is -2.50. The molecule has 0 radical (unpaired) electrons. The van der Waals surface area contributed by atoms with Gasteiger partial charge in [0.15, 0.2) is 0 Å². The summed E-state index contributed by atoms with van der Waals surface area (Å²) in [6, 6.07) is -0.0728. The molecule has 1 N–H and O–H groups in total. The van der Waals surface area contributed by atoms with Gasteiger partial charge in [-0.05, 0) is 44.9 Å². The summed E-state index contributed by atoms with van der Waals surface area (Å²) in [5, 5.41) is 2.89. The van der Waals surface area contributed by atoms with Gasteiger partial charge in [0.25, 0.3) is 0 Å². The molecule has 4 nitrogen and oxygen atoms in total. The summed E-state index contributed by atoms with van der Waals surface area (Å²) in [6.45, 7) is 10.1. The van der Waals surface area contributed by atoms with E-state index < -0.39 is 5.54 Å². The van der Waals surface area contributed by atoms with Crippen LogP contribution in [0.4, 0.5) is 0 Å². The lowest BCUT2D eigenvalue weighted by molar-refractivity contribution is -0.159. The molecule has 120 valence electrons. The summed E-state index contributed by atoms with van der Waals surface area (Å²) < 4.78 is 0. The lowest BCUT2D eigenvalue weighted by Crippen LogP contribution is -2.71. The van der Waals surface area contributed by atoms with Crippen LogP contribution in [-0.2, 0) is 9.59 Å². The maximum atomic E-state index is 12.9. The summed E-state index contributed by atoms with van der Waals surface area (Å²) in [7, 11) is 0. The van der Waals surface area contributed by atoms with E-state index in [9.17, 15) is 9.59 Å². The maximum Gasteiger partial charge on any atom is 0.248 e. The largest absolute Gasteiger partial charge is 0.340 e. The molecule has 1 heterocycles. The van der Waals surface area contributed by atoms with Crippen LogP contribution in [0.1, 0.15) is 66.7 Å². The van der Waals surface area contributed by atoms with Crippen LogP contribution in [0.15, 0.2) is 0 Å². The van der Waals surface area contributed by atoms with Gasteiger partial charge < -0.3 is 10.2 Å². The van der Waals surface area contributed by atoms with Crippen LogP contribution in [0.25, 0.3) is 0 Å². The molecule has 2 fully saturated rings. The number of nitrogens with one attached hydrogen (secondary N) is 1. The van der Waals surface area contributed by atoms with Crippen LogP contribution in [0.2, 0.25) is 0 Å². The van der Waals surface area contributed by atoms with Crippen molar-refractivity contribution in [3.05, 3.63) is 0 Å². The highest BCUT2D eigenvalue weighted by molar-refractivity contribution is 5.99. The van der Waals surface area contributed by atoms with Crippen LogP contribution in [-0.4, -0.2) is 34.3 Å². The van der Waals surface area contributed by atoms with Gasteiger partial charge >= 0.3 is 0 Å². The van der Waals surface area contributed by atoms with Gasteiger partial charge in [-0.2, -0.15) is 0 Å². The van der Waals surface area contributed by atoms with Crippen molar-refractivity contribution in [3.8, 4) is 0 Å². The molecule has 2 rings (SSSR count). The molecule has 1 aliphatic carbocycles. The molecule has 0 bridgehead atoms. The number of nitrogens with zero attached hydrogens (tertiary/aromatic N) is 1. The zero-order valence-corrected chi connectivity index (χ0v) is 14.1. The second kappa shape index (κ2) is 5.98. The molecule has 0 aromatic rings. The van der Waals surface area contributed by atoms with Crippen molar-refractivity contribution in [2.45, 2.75) is 84.3 Å². The first-order chi connectivity index (χ1) is 9.79. The molecule has 1 saturated carbocycles. The number of hydrogen-bond donors (Lipinski definition) is 1. The van der Waals surface area contributed by atoms with Gasteiger partial charge in [-0.15, -0.1) is 0 Å². The standard InChI is InChI=1S/C17H30N2O2/c1-6-13-15(20)18-17(4,5)16(21)19(13)14-10-8-7-9-12(14)11(2)3/h11-14H,6-10H2,1-5H3,(H,18,20). The Labute approximate surface area is 128 Å². The number of piperazine rings is 1. The molecule has 3 unspecified atom stereocenters. The molecule has 21 heavy (non-hydrogen) atoms. The molecule has 1 saturated heterocycles. The SMILES string of the molecule is CCC1C(=O)NC(C)(C)C(=O)N1C1CCCCC1C(C)C. The maximum absolute atomic E-state index is 12.9. The van der Waals surface area contributed by atoms with Gasteiger partial charge in [0.2, 0.25) is 11.8 Å². The fourth-order valence-corrected chi connectivity index (χ4v) is 4.06. The van der Waals surface area contributed by atoms with E-state index in [-0.39, 0.29) is 23.9 Å². The van der Waals surface area contributed by atoms with E-state index in [4.69, 9.17) is 0 Å². The molecule has 0 aromatic carbocycles. The summed E-state index contributed by atoms with van der Waals surface area (Å²) in [6.07, 6.45) is 5.30. The van der Waals surface area contributed by atoms with Gasteiger partial charge in [-0.1, -0.05) is 33.6 Å². The van der Waals surface area contributed by atoms with Crippen molar-refractivity contribution in [1.29, 1.82) is 0 Å². The van der Waals surface area contributed by atoms with Gasteiger partial charge in [0.05, 0.1) is 0 Å². The zero-order valence-electron chi connectivity index (χ0n) is 14.1. The third-order valence-electron chi connectivity index (χ3n) is 5.23. The summed E-state index contributed by atoms with van der Waals surface area (Å²) in [5.41, 5.74) is -0.776. The fraction of sp³-hybridized carbons (Fsp3) is 0.882. The highest BCUT2D eigenvalue weighted by Crippen LogP contribution is 2.37. The number of carbonyl (C=O) groups is 2.